The third-order valence-electron chi connectivity index (χ3n) is 8.21. The second-order valence-corrected chi connectivity index (χ2v) is 12.1. The monoisotopic (exact) mass is 531 g/mol. The van der Waals surface area contributed by atoms with Crippen molar-refractivity contribution in [2.24, 2.45) is 0 Å². The number of anilines is 1. The highest BCUT2D eigenvalue weighted by Gasteiger charge is 2.52. The smallest absolute Gasteiger partial charge is 0.254 e. The first-order valence-electron chi connectivity index (χ1n) is 13.9. The molecule has 0 bridgehead atoms. The molecule has 0 spiro atoms. The van der Waals surface area contributed by atoms with Gasteiger partial charge in [-0.1, -0.05) is 58.2 Å². The Morgan fingerprint density at radius 3 is 2.44 bits per heavy atom. The van der Waals surface area contributed by atoms with Crippen LogP contribution in [-0.4, -0.2) is 53.0 Å². The number of hydrogen-bond donors (Lipinski definition) is 1. The lowest BCUT2D eigenvalue weighted by molar-refractivity contribution is -0.131. The lowest BCUT2D eigenvalue weighted by Crippen LogP contribution is -2.57. The molecule has 208 valence electrons. The fourth-order valence-electron chi connectivity index (χ4n) is 5.78. The first-order chi connectivity index (χ1) is 18.6. The quantitative estimate of drug-likeness (QED) is 0.512. The maximum Gasteiger partial charge on any atom is 0.254 e. The summed E-state index contributed by atoms with van der Waals surface area (Å²) >= 11 is 0. The number of ether oxygens (including phenoxy) is 1. The second kappa shape index (κ2) is 11.7. The number of nitrogens with one attached hydrogen (secondary N) is 1. The predicted octanol–water partition coefficient (Wildman–Crippen LogP) is 4.86. The van der Waals surface area contributed by atoms with Crippen LogP contribution in [0.2, 0.25) is 0 Å². The largest absolute Gasteiger partial charge is 0.379 e. The molecule has 1 aromatic carbocycles. The van der Waals surface area contributed by atoms with Crippen LogP contribution < -0.4 is 10.2 Å². The van der Waals surface area contributed by atoms with Gasteiger partial charge in [0.25, 0.3) is 5.91 Å². The average molecular weight is 532 g/mol. The summed E-state index contributed by atoms with van der Waals surface area (Å²) in [4.78, 5) is 36.1. The summed E-state index contributed by atoms with van der Waals surface area (Å²) in [5.74, 6) is -0.559. The summed E-state index contributed by atoms with van der Waals surface area (Å²) in [5, 5.41) is 13.2. The lowest BCUT2D eigenvalue weighted by atomic mass is 9.86. The van der Waals surface area contributed by atoms with Gasteiger partial charge in [0.15, 0.2) is 6.19 Å². The van der Waals surface area contributed by atoms with E-state index in [9.17, 15) is 14.9 Å². The van der Waals surface area contributed by atoms with Crippen molar-refractivity contribution in [3.05, 3.63) is 59.9 Å². The van der Waals surface area contributed by atoms with Crippen LogP contribution in [0.1, 0.15) is 83.4 Å². The van der Waals surface area contributed by atoms with Gasteiger partial charge in [-0.15, -0.1) is 0 Å². The molecule has 2 heterocycles. The summed E-state index contributed by atoms with van der Waals surface area (Å²) in [6.07, 6.45) is 10.8. The number of hydrogen-bond acceptors (Lipinski definition) is 6. The van der Waals surface area contributed by atoms with Crippen LogP contribution >= 0.6 is 0 Å². The van der Waals surface area contributed by atoms with Crippen molar-refractivity contribution in [1.82, 2.24) is 15.2 Å². The van der Waals surface area contributed by atoms with E-state index in [1.54, 1.807) is 37.4 Å². The molecule has 2 aromatic rings. The molecular weight excluding hydrogens is 490 g/mol. The highest BCUT2D eigenvalue weighted by Crippen LogP contribution is 2.38. The number of aromatic nitrogens is 1. The fraction of sp³-hybridized carbons (Fsp3) is 0.548. The molecular formula is C31H41N5O3. The summed E-state index contributed by atoms with van der Waals surface area (Å²) in [7, 11) is 1.59. The van der Waals surface area contributed by atoms with E-state index < -0.39 is 11.6 Å². The number of carbonyl (C=O) groups is 2. The summed E-state index contributed by atoms with van der Waals surface area (Å²) in [5.41, 5.74) is 1.08. The van der Waals surface area contributed by atoms with Gasteiger partial charge < -0.3 is 10.1 Å². The molecule has 1 N–H and O–H groups in total. The van der Waals surface area contributed by atoms with Crippen molar-refractivity contribution in [3.63, 3.8) is 0 Å². The van der Waals surface area contributed by atoms with Crippen LogP contribution in [0.25, 0.3) is 0 Å². The van der Waals surface area contributed by atoms with Gasteiger partial charge in [-0.05, 0) is 48.9 Å². The van der Waals surface area contributed by atoms with Crippen molar-refractivity contribution in [2.45, 2.75) is 95.4 Å². The Morgan fingerprint density at radius 1 is 1.18 bits per heavy atom. The van der Waals surface area contributed by atoms with E-state index in [0.29, 0.717) is 24.2 Å². The minimum Gasteiger partial charge on any atom is -0.379 e. The van der Waals surface area contributed by atoms with Crippen molar-refractivity contribution in [3.8, 4) is 6.19 Å². The number of benzene rings is 1. The van der Waals surface area contributed by atoms with Gasteiger partial charge in [0.05, 0.1) is 12.6 Å². The molecule has 3 unspecified atom stereocenters. The molecule has 2 fully saturated rings. The SMILES string of the molecule is COC1CN(C#N)C(C)(C(=O)N(c2ccc(C(C)(C)C)cc2)C(C(=O)NC2CCCCC2)c2cccnc2)C1. The maximum absolute atomic E-state index is 14.7. The Bertz CT molecular complexity index is 1180. The number of pyridine rings is 1. The van der Waals surface area contributed by atoms with E-state index in [-0.39, 0.29) is 29.4 Å². The molecule has 1 saturated heterocycles. The highest BCUT2D eigenvalue weighted by atomic mass is 16.5. The Hall–Kier alpha value is -3.44. The van der Waals surface area contributed by atoms with Gasteiger partial charge >= 0.3 is 0 Å². The van der Waals surface area contributed by atoms with E-state index in [0.717, 1.165) is 31.2 Å². The fourth-order valence-corrected chi connectivity index (χ4v) is 5.78. The number of methoxy groups -OCH3 is 1. The van der Waals surface area contributed by atoms with E-state index in [1.165, 1.54) is 11.3 Å². The molecule has 4 rings (SSSR count). The Morgan fingerprint density at radius 2 is 1.87 bits per heavy atom. The Kier molecular flexibility index (Phi) is 8.60. The number of amides is 2. The van der Waals surface area contributed by atoms with Crippen LogP contribution in [0.5, 0.6) is 0 Å². The topological polar surface area (TPSA) is 98.6 Å². The zero-order chi connectivity index (χ0) is 28.2. The van der Waals surface area contributed by atoms with Crippen molar-refractivity contribution in [1.29, 1.82) is 5.26 Å². The number of likely N-dealkylation sites (tertiary alicyclic amines) is 1. The Balaban J connectivity index is 1.83. The molecule has 1 aliphatic heterocycles. The van der Waals surface area contributed by atoms with E-state index >= 15 is 0 Å². The maximum atomic E-state index is 14.7. The van der Waals surface area contributed by atoms with Crippen LogP contribution in [0.15, 0.2) is 48.8 Å². The third-order valence-corrected chi connectivity index (χ3v) is 8.21. The standard InChI is InChI=1S/C31H41N5O3/c1-30(2,3)23-13-15-25(16-14-23)36(29(38)31(4)18-26(39-5)20-35(31)21-32)27(22-10-9-17-33-19-22)28(37)34-24-11-7-6-8-12-24/h9-10,13-17,19,24,26-27H,6-8,11-12,18,20H2,1-5H3,(H,34,37). The molecule has 39 heavy (non-hydrogen) atoms. The zero-order valence-corrected chi connectivity index (χ0v) is 23.8. The first kappa shape index (κ1) is 28.6. The van der Waals surface area contributed by atoms with E-state index in [4.69, 9.17) is 4.74 Å². The minimum atomic E-state index is -1.18. The molecule has 8 heteroatoms. The van der Waals surface area contributed by atoms with Crippen LogP contribution in [0.3, 0.4) is 0 Å². The summed E-state index contributed by atoms with van der Waals surface area (Å²) in [6, 6.07) is 10.5. The third kappa shape index (κ3) is 6.09. The second-order valence-electron chi connectivity index (χ2n) is 12.1. The van der Waals surface area contributed by atoms with Crippen LogP contribution in [0.4, 0.5) is 5.69 Å². The van der Waals surface area contributed by atoms with Crippen LogP contribution in [0, 0.1) is 11.5 Å². The summed E-state index contributed by atoms with van der Waals surface area (Å²) in [6.45, 7) is 8.49. The molecule has 2 aliphatic rings. The normalized spacial score (nSPS) is 22.7. The zero-order valence-electron chi connectivity index (χ0n) is 23.8. The average Bonchev–Trinajstić information content (AvgIpc) is 3.28. The molecule has 1 saturated carbocycles. The van der Waals surface area contributed by atoms with Crippen LogP contribution in [-0.2, 0) is 19.7 Å². The van der Waals surface area contributed by atoms with Gasteiger partial charge in [0.2, 0.25) is 5.91 Å². The minimum absolute atomic E-state index is 0.0705. The van der Waals surface area contributed by atoms with Crippen molar-refractivity contribution in [2.75, 3.05) is 18.6 Å². The molecule has 1 aromatic heterocycles. The van der Waals surface area contributed by atoms with Crippen molar-refractivity contribution < 1.29 is 14.3 Å². The highest BCUT2D eigenvalue weighted by molar-refractivity contribution is 6.06. The number of carbonyl (C=O) groups excluding carboxylic acids is 2. The number of nitrogens with zero attached hydrogens (tertiary/aromatic N) is 4. The molecule has 2 amide bonds. The molecule has 0 radical (unpaired) electrons. The molecule has 8 nitrogen and oxygen atoms in total. The number of nitriles is 1. The molecule has 3 atom stereocenters. The van der Waals surface area contributed by atoms with Gasteiger partial charge in [-0.3, -0.25) is 24.4 Å². The summed E-state index contributed by atoms with van der Waals surface area (Å²) < 4.78 is 5.57. The first-order valence-corrected chi connectivity index (χ1v) is 13.9. The Labute approximate surface area is 232 Å². The van der Waals surface area contributed by atoms with Gasteiger partial charge in [0.1, 0.15) is 11.6 Å². The van der Waals surface area contributed by atoms with Crippen molar-refractivity contribution >= 4 is 17.5 Å². The van der Waals surface area contributed by atoms with Gasteiger partial charge in [-0.25, -0.2) is 0 Å². The van der Waals surface area contributed by atoms with Gasteiger partial charge in [-0.2, -0.15) is 5.26 Å². The van der Waals surface area contributed by atoms with E-state index in [1.807, 2.05) is 30.3 Å². The lowest BCUT2D eigenvalue weighted by Gasteiger charge is -2.39. The predicted molar refractivity (Wildman–Crippen MR) is 151 cm³/mol. The molecule has 1 aliphatic carbocycles. The van der Waals surface area contributed by atoms with E-state index in [2.05, 4.69) is 37.3 Å². The number of rotatable bonds is 7. The van der Waals surface area contributed by atoms with Gasteiger partial charge in [0, 0.05) is 43.2 Å².